The summed E-state index contributed by atoms with van der Waals surface area (Å²) < 4.78 is 5.17. The van der Waals surface area contributed by atoms with E-state index in [1.54, 1.807) is 31.0 Å². The summed E-state index contributed by atoms with van der Waals surface area (Å²) in [5.41, 5.74) is 1.48. The average Bonchev–Trinajstić information content (AvgIpc) is 2.46. The molecule has 0 saturated carbocycles. The predicted octanol–water partition coefficient (Wildman–Crippen LogP) is 3.69. The van der Waals surface area contributed by atoms with Gasteiger partial charge in [0.25, 0.3) is 0 Å². The topological polar surface area (TPSA) is 46.5 Å². The monoisotopic (exact) mass is 274 g/mol. The lowest BCUT2D eigenvalue weighted by Crippen LogP contribution is -1.94. The number of rotatable bonds is 5. The molecule has 0 unspecified atom stereocenters. The van der Waals surface area contributed by atoms with Crippen molar-refractivity contribution in [2.75, 3.05) is 7.11 Å². The van der Waals surface area contributed by atoms with Gasteiger partial charge in [-0.1, -0.05) is 12.1 Å². The Labute approximate surface area is 116 Å². The molecule has 0 aliphatic heterocycles. The summed E-state index contributed by atoms with van der Waals surface area (Å²) in [7, 11) is 1.65. The van der Waals surface area contributed by atoms with Crippen LogP contribution in [0, 0.1) is 0 Å². The zero-order chi connectivity index (χ0) is 13.7. The molecule has 0 aliphatic rings. The Kier molecular flexibility index (Phi) is 4.47. The molecule has 0 heterocycles. The summed E-state index contributed by atoms with van der Waals surface area (Å²) in [5, 5.41) is 8.82. The fourth-order valence-electron chi connectivity index (χ4n) is 1.62. The van der Waals surface area contributed by atoms with E-state index in [1.807, 2.05) is 36.4 Å². The average molecular weight is 274 g/mol. The van der Waals surface area contributed by atoms with Gasteiger partial charge >= 0.3 is 5.97 Å². The Morgan fingerprint density at radius 3 is 2.58 bits per heavy atom. The zero-order valence-corrected chi connectivity index (χ0v) is 11.3. The van der Waals surface area contributed by atoms with Crippen LogP contribution in [-0.4, -0.2) is 18.2 Å². The molecule has 0 bridgehead atoms. The smallest absolute Gasteiger partial charge is 0.335 e. The summed E-state index contributed by atoms with van der Waals surface area (Å²) >= 11 is 1.66. The zero-order valence-electron chi connectivity index (χ0n) is 10.5. The Hall–Kier alpha value is -1.94. The van der Waals surface area contributed by atoms with E-state index >= 15 is 0 Å². The third kappa shape index (κ3) is 3.76. The molecule has 0 saturated heterocycles. The Morgan fingerprint density at radius 1 is 1.21 bits per heavy atom. The summed E-state index contributed by atoms with van der Waals surface area (Å²) in [5.74, 6) is 0.771. The van der Waals surface area contributed by atoms with Crippen molar-refractivity contribution in [3.8, 4) is 5.75 Å². The fourth-order valence-corrected chi connectivity index (χ4v) is 2.46. The number of carbonyl (C=O) groups is 1. The third-order valence-electron chi connectivity index (χ3n) is 2.64. The van der Waals surface area contributed by atoms with Gasteiger partial charge in [0.2, 0.25) is 0 Å². The van der Waals surface area contributed by atoms with Crippen LogP contribution >= 0.6 is 11.8 Å². The molecule has 2 aromatic rings. The van der Waals surface area contributed by atoms with Gasteiger partial charge in [-0.15, -0.1) is 11.8 Å². The lowest BCUT2D eigenvalue weighted by atomic mass is 10.2. The number of hydrogen-bond donors (Lipinski definition) is 1. The van der Waals surface area contributed by atoms with E-state index in [0.29, 0.717) is 5.56 Å². The van der Waals surface area contributed by atoms with Crippen LogP contribution < -0.4 is 4.74 Å². The molecule has 2 aromatic carbocycles. The van der Waals surface area contributed by atoms with E-state index in [2.05, 4.69) is 0 Å². The minimum atomic E-state index is -0.899. The highest BCUT2D eigenvalue weighted by atomic mass is 32.2. The second kappa shape index (κ2) is 6.29. The first-order valence-corrected chi connectivity index (χ1v) is 6.76. The maximum absolute atomic E-state index is 10.7. The normalized spacial score (nSPS) is 10.2. The van der Waals surface area contributed by atoms with E-state index in [1.165, 1.54) is 5.56 Å². The predicted molar refractivity (Wildman–Crippen MR) is 76.0 cm³/mol. The molecule has 0 radical (unpaired) electrons. The second-order valence-electron chi connectivity index (χ2n) is 3.97. The molecule has 19 heavy (non-hydrogen) atoms. The number of methoxy groups -OCH3 is 1. The number of hydrogen-bond acceptors (Lipinski definition) is 3. The number of carboxylic acid groups (broad SMARTS) is 1. The van der Waals surface area contributed by atoms with Gasteiger partial charge < -0.3 is 9.84 Å². The summed E-state index contributed by atoms with van der Waals surface area (Å²) in [6.45, 7) is 0. The van der Waals surface area contributed by atoms with Crippen molar-refractivity contribution in [1.29, 1.82) is 0 Å². The number of aromatic carboxylic acids is 1. The van der Waals surface area contributed by atoms with Gasteiger partial charge in [0.1, 0.15) is 5.75 Å². The fraction of sp³-hybridized carbons (Fsp3) is 0.133. The van der Waals surface area contributed by atoms with E-state index in [0.717, 1.165) is 16.4 Å². The molecular formula is C15H14O3S. The van der Waals surface area contributed by atoms with E-state index in [9.17, 15) is 4.79 Å². The van der Waals surface area contributed by atoms with Crippen LogP contribution in [0.5, 0.6) is 5.75 Å². The number of carboxylic acids is 1. The van der Waals surface area contributed by atoms with E-state index in [4.69, 9.17) is 9.84 Å². The Balaban J connectivity index is 1.99. The van der Waals surface area contributed by atoms with Crippen molar-refractivity contribution in [2.24, 2.45) is 0 Å². The van der Waals surface area contributed by atoms with Crippen molar-refractivity contribution in [2.45, 2.75) is 10.6 Å². The lowest BCUT2D eigenvalue weighted by Gasteiger charge is -2.05. The van der Waals surface area contributed by atoms with Crippen molar-refractivity contribution >= 4 is 17.7 Å². The highest BCUT2D eigenvalue weighted by molar-refractivity contribution is 7.98. The third-order valence-corrected chi connectivity index (χ3v) is 3.72. The molecule has 0 fully saturated rings. The minimum Gasteiger partial charge on any atom is -0.497 e. The second-order valence-corrected chi connectivity index (χ2v) is 5.02. The Bertz CT molecular complexity index is 564. The molecule has 98 valence electrons. The lowest BCUT2D eigenvalue weighted by molar-refractivity contribution is 0.0697. The molecule has 0 spiro atoms. The maximum atomic E-state index is 10.7. The van der Waals surface area contributed by atoms with Gasteiger partial charge in [-0.3, -0.25) is 0 Å². The molecule has 1 N–H and O–H groups in total. The van der Waals surface area contributed by atoms with Gasteiger partial charge in [0, 0.05) is 10.6 Å². The molecule has 3 nitrogen and oxygen atoms in total. The minimum absolute atomic E-state index is 0.311. The van der Waals surface area contributed by atoms with Crippen LogP contribution in [0.3, 0.4) is 0 Å². The van der Waals surface area contributed by atoms with Crippen LogP contribution in [0.4, 0.5) is 0 Å². The van der Waals surface area contributed by atoms with Crippen LogP contribution in [0.25, 0.3) is 0 Å². The van der Waals surface area contributed by atoms with Crippen molar-refractivity contribution < 1.29 is 14.6 Å². The molecule has 0 atom stereocenters. The number of benzene rings is 2. The maximum Gasteiger partial charge on any atom is 0.335 e. The van der Waals surface area contributed by atoms with Crippen LogP contribution in [0.15, 0.2) is 53.4 Å². The first-order valence-electron chi connectivity index (χ1n) is 5.78. The van der Waals surface area contributed by atoms with Crippen LogP contribution in [0.1, 0.15) is 15.9 Å². The first kappa shape index (κ1) is 13.5. The largest absolute Gasteiger partial charge is 0.497 e. The van der Waals surface area contributed by atoms with E-state index < -0.39 is 5.97 Å². The standard InChI is InChI=1S/C15H14O3S/c1-18-13-4-2-3-11(9-13)10-19-14-7-5-12(6-8-14)15(16)17/h2-9H,10H2,1H3,(H,16,17). The van der Waals surface area contributed by atoms with Crippen LogP contribution in [-0.2, 0) is 5.75 Å². The molecule has 2 rings (SSSR count). The van der Waals surface area contributed by atoms with Gasteiger partial charge in [-0.25, -0.2) is 4.79 Å². The van der Waals surface area contributed by atoms with Gasteiger partial charge in [0.15, 0.2) is 0 Å². The quantitative estimate of drug-likeness (QED) is 0.845. The Morgan fingerprint density at radius 2 is 1.95 bits per heavy atom. The van der Waals surface area contributed by atoms with Crippen molar-refractivity contribution in [3.05, 3.63) is 59.7 Å². The molecule has 0 aromatic heterocycles. The molecular weight excluding hydrogens is 260 g/mol. The molecule has 4 heteroatoms. The van der Waals surface area contributed by atoms with Crippen molar-refractivity contribution in [1.82, 2.24) is 0 Å². The SMILES string of the molecule is COc1cccc(CSc2ccc(C(=O)O)cc2)c1. The summed E-state index contributed by atoms with van der Waals surface area (Å²) in [6.07, 6.45) is 0. The summed E-state index contributed by atoms with van der Waals surface area (Å²) in [4.78, 5) is 11.8. The van der Waals surface area contributed by atoms with Crippen LogP contribution in [0.2, 0.25) is 0 Å². The number of ether oxygens (including phenoxy) is 1. The van der Waals surface area contributed by atoms with Crippen molar-refractivity contribution in [3.63, 3.8) is 0 Å². The first-order chi connectivity index (χ1) is 9.19. The van der Waals surface area contributed by atoms with E-state index in [-0.39, 0.29) is 0 Å². The molecule has 0 amide bonds. The summed E-state index contributed by atoms with van der Waals surface area (Å²) in [6, 6.07) is 14.8. The number of thioether (sulfide) groups is 1. The highest BCUT2D eigenvalue weighted by Crippen LogP contribution is 2.24. The highest BCUT2D eigenvalue weighted by Gasteiger charge is 2.02. The van der Waals surface area contributed by atoms with Gasteiger partial charge in [-0.05, 0) is 42.0 Å². The van der Waals surface area contributed by atoms with Gasteiger partial charge in [0.05, 0.1) is 12.7 Å². The molecule has 0 aliphatic carbocycles. The van der Waals surface area contributed by atoms with Gasteiger partial charge in [-0.2, -0.15) is 0 Å².